The first-order valence-corrected chi connectivity index (χ1v) is 11.2. The van der Waals surface area contributed by atoms with Crippen LogP contribution in [0.5, 0.6) is 0 Å². The Balaban J connectivity index is 1.52. The molecule has 0 bridgehead atoms. The fraction of sp³-hybridized carbons (Fsp3) is 0.870. The summed E-state index contributed by atoms with van der Waals surface area (Å²) >= 11 is 0. The van der Waals surface area contributed by atoms with Crippen molar-refractivity contribution >= 4 is 17.6 Å². The summed E-state index contributed by atoms with van der Waals surface area (Å²) < 4.78 is 5.58. The Morgan fingerprint density at radius 3 is 2.54 bits per heavy atom. The van der Waals surface area contributed by atoms with E-state index in [1.165, 1.54) is 58.1 Å². The number of fused-ring (bicyclic) bond motifs is 5. The molecule has 4 saturated carbocycles. The molecule has 0 aromatic heterocycles. The fourth-order valence-corrected chi connectivity index (χ4v) is 7.68. The van der Waals surface area contributed by atoms with E-state index >= 15 is 0 Å². The number of carbonyl (C=O) groups is 2. The van der Waals surface area contributed by atoms with Crippen LogP contribution >= 0.6 is 0 Å². The highest BCUT2D eigenvalue weighted by Crippen LogP contribution is 2.65. The van der Waals surface area contributed by atoms with Gasteiger partial charge in [0.05, 0.1) is 0 Å². The van der Waals surface area contributed by atoms with E-state index in [1.807, 2.05) is 0 Å². The number of rotatable bonds is 2. The Kier molecular flexibility index (Phi) is 5.08. The van der Waals surface area contributed by atoms with Crippen LogP contribution in [0.2, 0.25) is 0 Å². The van der Waals surface area contributed by atoms with E-state index in [4.69, 9.17) is 4.74 Å². The Morgan fingerprint density at radius 2 is 1.82 bits per heavy atom. The van der Waals surface area contributed by atoms with E-state index in [1.54, 1.807) is 0 Å². The van der Waals surface area contributed by atoms with Crippen molar-refractivity contribution < 1.29 is 14.3 Å². The van der Waals surface area contributed by atoms with Crippen molar-refractivity contribution in [1.29, 1.82) is 0 Å². The van der Waals surface area contributed by atoms with E-state index in [9.17, 15) is 9.59 Å². The maximum absolute atomic E-state index is 11.4. The van der Waals surface area contributed by atoms with Gasteiger partial charge in [-0.15, -0.1) is 0 Å². The molecule has 4 rings (SSSR count). The molecule has 4 aliphatic carbocycles. The zero-order valence-corrected chi connectivity index (χ0v) is 17.9. The molecule has 1 amide bonds. The summed E-state index contributed by atoms with van der Waals surface area (Å²) in [6.07, 6.45) is 10.6. The van der Waals surface area contributed by atoms with Crippen LogP contribution in [-0.2, 0) is 14.3 Å². The second kappa shape index (κ2) is 7.14. The molecule has 5 heteroatoms. The largest absolute Gasteiger partial charge is 0.463 e. The molecule has 0 unspecified atom stereocenters. The number of ether oxygens (including phenoxy) is 1. The summed E-state index contributed by atoms with van der Waals surface area (Å²) in [5.74, 6) is 2.73. The smallest absolute Gasteiger partial charge is 0.302 e. The van der Waals surface area contributed by atoms with Gasteiger partial charge in [-0.1, -0.05) is 13.8 Å². The third kappa shape index (κ3) is 3.19. The molecule has 0 radical (unpaired) electrons. The summed E-state index contributed by atoms with van der Waals surface area (Å²) in [5.41, 5.74) is 4.46. The molecule has 0 saturated heterocycles. The van der Waals surface area contributed by atoms with Crippen LogP contribution in [0.15, 0.2) is 5.10 Å². The minimum absolute atomic E-state index is 0.0780. The quantitative estimate of drug-likeness (QED) is 0.561. The van der Waals surface area contributed by atoms with Gasteiger partial charge in [-0.3, -0.25) is 9.59 Å². The number of nitrogens with zero attached hydrogens (tertiary/aromatic N) is 1. The molecule has 4 aliphatic rings. The third-order valence-corrected chi connectivity index (χ3v) is 9.04. The van der Waals surface area contributed by atoms with Gasteiger partial charge in [0, 0.05) is 25.0 Å². The SMILES string of the molecule is CC(=O)N/N=C1\CC[C@H]2[C@H]3CC[C@H]4C[C@@H](OC(C)=O)CC[C@]4(C)[C@@H]3CC[C@]12C. The number of esters is 1. The molecule has 0 aromatic rings. The van der Waals surface area contributed by atoms with Crippen LogP contribution < -0.4 is 5.43 Å². The van der Waals surface area contributed by atoms with Gasteiger partial charge >= 0.3 is 5.97 Å². The van der Waals surface area contributed by atoms with Crippen LogP contribution in [0.3, 0.4) is 0 Å². The first kappa shape index (κ1) is 19.9. The van der Waals surface area contributed by atoms with Crippen molar-refractivity contribution in [1.82, 2.24) is 5.43 Å². The molecule has 0 aliphatic heterocycles. The van der Waals surface area contributed by atoms with Crippen LogP contribution in [0.1, 0.15) is 85.5 Å². The first-order chi connectivity index (χ1) is 13.2. The second-order valence-corrected chi connectivity index (χ2v) is 10.4. The lowest BCUT2D eigenvalue weighted by Gasteiger charge is -2.60. The van der Waals surface area contributed by atoms with E-state index < -0.39 is 0 Å². The topological polar surface area (TPSA) is 67.8 Å². The Labute approximate surface area is 169 Å². The van der Waals surface area contributed by atoms with Gasteiger partial charge in [0.25, 0.3) is 0 Å². The van der Waals surface area contributed by atoms with Crippen molar-refractivity contribution in [2.45, 2.75) is 91.6 Å². The Bertz CT molecular complexity index is 689. The maximum Gasteiger partial charge on any atom is 0.302 e. The van der Waals surface area contributed by atoms with Crippen LogP contribution in [0, 0.1) is 34.5 Å². The van der Waals surface area contributed by atoms with Crippen molar-refractivity contribution in [3.8, 4) is 0 Å². The molecule has 1 N–H and O–H groups in total. The van der Waals surface area contributed by atoms with Crippen molar-refractivity contribution in [3.05, 3.63) is 0 Å². The lowest BCUT2D eigenvalue weighted by molar-refractivity contribution is -0.158. The molecule has 0 aromatic carbocycles. The highest BCUT2D eigenvalue weighted by molar-refractivity contribution is 5.93. The van der Waals surface area contributed by atoms with Crippen LogP contribution in [0.4, 0.5) is 0 Å². The third-order valence-electron chi connectivity index (χ3n) is 9.04. The molecular weight excluding hydrogens is 352 g/mol. The van der Waals surface area contributed by atoms with E-state index in [-0.39, 0.29) is 23.4 Å². The predicted molar refractivity (Wildman–Crippen MR) is 109 cm³/mol. The number of nitrogens with one attached hydrogen (secondary N) is 1. The Morgan fingerprint density at radius 1 is 1.04 bits per heavy atom. The van der Waals surface area contributed by atoms with Gasteiger partial charge in [-0.25, -0.2) is 5.43 Å². The monoisotopic (exact) mass is 388 g/mol. The standard InChI is InChI=1S/C23H36N2O3/c1-14(26)24-25-21-8-7-19-18-6-5-16-13-17(28-15(2)27)9-11-22(16,3)20(18)10-12-23(19,21)4/h16-20H,5-13H2,1-4H3,(H,24,26)/b25-21+/t16-,17-,18+,19-,20+,22-,23-/m0/s1. The summed E-state index contributed by atoms with van der Waals surface area (Å²) in [6.45, 7) is 7.99. The number of carbonyl (C=O) groups excluding carboxylic acids is 2. The van der Waals surface area contributed by atoms with Crippen molar-refractivity contribution in [2.75, 3.05) is 0 Å². The molecule has 0 heterocycles. The highest BCUT2D eigenvalue weighted by Gasteiger charge is 2.59. The van der Waals surface area contributed by atoms with Gasteiger partial charge in [0.1, 0.15) is 6.10 Å². The van der Waals surface area contributed by atoms with E-state index in [0.717, 1.165) is 31.1 Å². The maximum atomic E-state index is 11.4. The number of hydrogen-bond acceptors (Lipinski definition) is 4. The summed E-state index contributed by atoms with van der Waals surface area (Å²) in [7, 11) is 0. The van der Waals surface area contributed by atoms with Gasteiger partial charge < -0.3 is 4.74 Å². The molecule has 5 nitrogen and oxygen atoms in total. The van der Waals surface area contributed by atoms with E-state index in [2.05, 4.69) is 24.4 Å². The fourth-order valence-electron chi connectivity index (χ4n) is 7.68. The van der Waals surface area contributed by atoms with Crippen LogP contribution in [0.25, 0.3) is 0 Å². The lowest BCUT2D eigenvalue weighted by Crippen LogP contribution is -2.54. The molecule has 7 atom stereocenters. The number of hydrogen-bond donors (Lipinski definition) is 1. The molecular formula is C23H36N2O3. The van der Waals surface area contributed by atoms with Crippen molar-refractivity contribution in [3.63, 3.8) is 0 Å². The molecule has 0 spiro atoms. The number of amides is 1. The van der Waals surface area contributed by atoms with Crippen molar-refractivity contribution in [2.24, 2.45) is 39.6 Å². The first-order valence-electron chi connectivity index (χ1n) is 11.2. The van der Waals surface area contributed by atoms with E-state index in [0.29, 0.717) is 17.3 Å². The zero-order chi connectivity index (χ0) is 20.1. The zero-order valence-electron chi connectivity index (χ0n) is 17.9. The number of hydrazone groups is 1. The molecule has 4 fully saturated rings. The predicted octanol–water partition coefficient (Wildman–Crippen LogP) is 4.45. The minimum Gasteiger partial charge on any atom is -0.463 e. The van der Waals surface area contributed by atoms with Gasteiger partial charge in [0.15, 0.2) is 0 Å². The molecule has 28 heavy (non-hydrogen) atoms. The average molecular weight is 389 g/mol. The minimum atomic E-state index is -0.132. The highest BCUT2D eigenvalue weighted by atomic mass is 16.5. The Hall–Kier alpha value is -1.39. The van der Waals surface area contributed by atoms with Gasteiger partial charge in [0.2, 0.25) is 5.91 Å². The van der Waals surface area contributed by atoms with Gasteiger partial charge in [-0.2, -0.15) is 5.10 Å². The summed E-state index contributed by atoms with van der Waals surface area (Å²) in [4.78, 5) is 22.7. The molecule has 156 valence electrons. The lowest BCUT2D eigenvalue weighted by atomic mass is 9.45. The second-order valence-electron chi connectivity index (χ2n) is 10.4. The van der Waals surface area contributed by atoms with Crippen LogP contribution in [-0.4, -0.2) is 23.7 Å². The summed E-state index contributed by atoms with van der Waals surface area (Å²) in [6, 6.07) is 0. The normalized spacial score (nSPS) is 46.3. The summed E-state index contributed by atoms with van der Waals surface area (Å²) in [5, 5.41) is 4.52. The van der Waals surface area contributed by atoms with Gasteiger partial charge in [-0.05, 0) is 86.9 Å². The average Bonchev–Trinajstić information content (AvgIpc) is 2.96.